The van der Waals surface area contributed by atoms with Crippen molar-refractivity contribution in [3.8, 4) is 5.69 Å². The molecule has 27 heavy (non-hydrogen) atoms. The van der Waals surface area contributed by atoms with Gasteiger partial charge in [0.25, 0.3) is 11.5 Å². The van der Waals surface area contributed by atoms with Crippen LogP contribution in [0.1, 0.15) is 26.4 Å². The van der Waals surface area contributed by atoms with E-state index >= 15 is 0 Å². The summed E-state index contributed by atoms with van der Waals surface area (Å²) in [5.74, 6) is -0.994. The molecular formula is C20H17N3O4. The fraction of sp³-hybridized carbons (Fsp3) is 0.100. The topological polar surface area (TPSA) is 90.3 Å². The molecule has 1 amide bonds. The normalized spacial score (nSPS) is 10.3. The van der Waals surface area contributed by atoms with E-state index < -0.39 is 11.9 Å². The van der Waals surface area contributed by atoms with Crippen molar-refractivity contribution < 1.29 is 14.3 Å². The van der Waals surface area contributed by atoms with Crippen LogP contribution in [-0.2, 0) is 4.74 Å². The number of para-hydroxylation sites is 1. The summed E-state index contributed by atoms with van der Waals surface area (Å²) in [7, 11) is 1.29. The number of aromatic nitrogens is 2. The Morgan fingerprint density at radius 3 is 2.48 bits per heavy atom. The molecule has 0 fully saturated rings. The number of carbonyl (C=O) groups excluding carboxylic acids is 2. The maximum Gasteiger partial charge on any atom is 0.337 e. The number of ether oxygens (including phenoxy) is 1. The first kappa shape index (κ1) is 18.1. The smallest absolute Gasteiger partial charge is 0.337 e. The van der Waals surface area contributed by atoms with Gasteiger partial charge in [0.15, 0.2) is 0 Å². The highest BCUT2D eigenvalue weighted by molar-refractivity contribution is 6.04. The average Bonchev–Trinajstić information content (AvgIpc) is 2.70. The summed E-state index contributed by atoms with van der Waals surface area (Å²) in [6.45, 7) is 1.80. The van der Waals surface area contributed by atoms with Gasteiger partial charge in [-0.2, -0.15) is 9.78 Å². The summed E-state index contributed by atoms with van der Waals surface area (Å²) >= 11 is 0. The van der Waals surface area contributed by atoms with Gasteiger partial charge < -0.3 is 10.1 Å². The molecule has 0 aliphatic heterocycles. The third kappa shape index (κ3) is 3.92. The second-order valence-electron chi connectivity index (χ2n) is 5.78. The molecule has 0 atom stereocenters. The highest BCUT2D eigenvalue weighted by Gasteiger charge is 2.14. The number of rotatable bonds is 4. The first-order valence-electron chi connectivity index (χ1n) is 8.15. The van der Waals surface area contributed by atoms with Crippen LogP contribution in [0, 0.1) is 6.92 Å². The third-order valence-electron chi connectivity index (χ3n) is 3.94. The monoisotopic (exact) mass is 363 g/mol. The molecule has 7 nitrogen and oxygen atoms in total. The average molecular weight is 363 g/mol. The molecule has 0 unspecified atom stereocenters. The first-order valence-corrected chi connectivity index (χ1v) is 8.15. The molecule has 0 aliphatic carbocycles. The molecule has 1 heterocycles. The van der Waals surface area contributed by atoms with Gasteiger partial charge >= 0.3 is 5.97 Å². The van der Waals surface area contributed by atoms with Crippen LogP contribution in [0.4, 0.5) is 5.69 Å². The van der Waals surface area contributed by atoms with Crippen LogP contribution in [0.5, 0.6) is 0 Å². The lowest BCUT2D eigenvalue weighted by Crippen LogP contribution is -2.25. The summed E-state index contributed by atoms with van der Waals surface area (Å²) < 4.78 is 5.86. The molecule has 3 aromatic rings. The molecule has 0 saturated heterocycles. The fourth-order valence-corrected chi connectivity index (χ4v) is 2.47. The standard InChI is InChI=1S/C20H17N3O4/c1-13-8-9-14(20(26)27-2)12-17(13)21-19(25)16-10-11-18(24)23(22-16)15-6-4-3-5-7-15/h3-12H,1-2H3,(H,21,25). The molecule has 1 N–H and O–H groups in total. The van der Waals surface area contributed by atoms with Crippen LogP contribution >= 0.6 is 0 Å². The number of hydrogen-bond donors (Lipinski definition) is 1. The summed E-state index contributed by atoms with van der Waals surface area (Å²) in [6.07, 6.45) is 0. The second kappa shape index (κ2) is 7.65. The molecule has 0 bridgehead atoms. The molecule has 3 rings (SSSR count). The quantitative estimate of drug-likeness (QED) is 0.720. The SMILES string of the molecule is COC(=O)c1ccc(C)c(NC(=O)c2ccc(=O)n(-c3ccccc3)n2)c1. The van der Waals surface area contributed by atoms with Gasteiger partial charge in [0, 0.05) is 11.8 Å². The Hall–Kier alpha value is -3.74. The van der Waals surface area contributed by atoms with Crippen LogP contribution in [-0.4, -0.2) is 28.8 Å². The van der Waals surface area contributed by atoms with Gasteiger partial charge in [-0.1, -0.05) is 24.3 Å². The zero-order valence-electron chi connectivity index (χ0n) is 14.8. The van der Waals surface area contributed by atoms with E-state index in [-0.39, 0.29) is 11.3 Å². The number of nitrogens with one attached hydrogen (secondary N) is 1. The number of amides is 1. The van der Waals surface area contributed by atoms with E-state index in [1.807, 2.05) is 6.07 Å². The Morgan fingerprint density at radius 1 is 1.04 bits per heavy atom. The Morgan fingerprint density at radius 2 is 1.78 bits per heavy atom. The van der Waals surface area contributed by atoms with Gasteiger partial charge in [-0.3, -0.25) is 9.59 Å². The summed E-state index contributed by atoms with van der Waals surface area (Å²) in [5, 5.41) is 6.86. The number of benzene rings is 2. The maximum absolute atomic E-state index is 12.6. The zero-order valence-corrected chi connectivity index (χ0v) is 14.8. The highest BCUT2D eigenvalue weighted by atomic mass is 16.5. The third-order valence-corrected chi connectivity index (χ3v) is 3.94. The van der Waals surface area contributed by atoms with Gasteiger partial charge in [-0.25, -0.2) is 4.79 Å². The van der Waals surface area contributed by atoms with E-state index in [0.29, 0.717) is 16.9 Å². The molecule has 136 valence electrons. The molecule has 0 spiro atoms. The van der Waals surface area contributed by atoms with Crippen LogP contribution < -0.4 is 10.9 Å². The predicted molar refractivity (Wildman–Crippen MR) is 100 cm³/mol. The Bertz CT molecular complexity index is 1060. The van der Waals surface area contributed by atoms with Crippen molar-refractivity contribution >= 4 is 17.6 Å². The number of nitrogens with zero attached hydrogens (tertiary/aromatic N) is 2. The van der Waals surface area contributed by atoms with E-state index in [2.05, 4.69) is 10.4 Å². The minimum Gasteiger partial charge on any atom is -0.465 e. The van der Waals surface area contributed by atoms with Crippen molar-refractivity contribution in [1.29, 1.82) is 0 Å². The van der Waals surface area contributed by atoms with Gasteiger partial charge in [0.1, 0.15) is 5.69 Å². The molecule has 0 saturated carbocycles. The van der Waals surface area contributed by atoms with Crippen molar-refractivity contribution in [2.45, 2.75) is 6.92 Å². The van der Waals surface area contributed by atoms with E-state index in [4.69, 9.17) is 4.74 Å². The molecule has 0 radical (unpaired) electrons. The van der Waals surface area contributed by atoms with Crippen LogP contribution in [0.25, 0.3) is 5.69 Å². The number of anilines is 1. The summed E-state index contributed by atoms with van der Waals surface area (Å²) in [6, 6.07) is 16.3. The number of carbonyl (C=O) groups is 2. The van der Waals surface area contributed by atoms with Crippen LogP contribution in [0.3, 0.4) is 0 Å². The van der Waals surface area contributed by atoms with Crippen molar-refractivity contribution in [2.24, 2.45) is 0 Å². The summed E-state index contributed by atoms with van der Waals surface area (Å²) in [5.41, 5.74) is 1.83. The van der Waals surface area contributed by atoms with Crippen molar-refractivity contribution in [2.75, 3.05) is 12.4 Å². The highest BCUT2D eigenvalue weighted by Crippen LogP contribution is 2.18. The molecular weight excluding hydrogens is 346 g/mol. The lowest BCUT2D eigenvalue weighted by molar-refractivity contribution is 0.0600. The van der Waals surface area contributed by atoms with Gasteiger partial charge in [-0.05, 0) is 42.8 Å². The van der Waals surface area contributed by atoms with E-state index in [1.54, 1.807) is 43.3 Å². The van der Waals surface area contributed by atoms with E-state index in [1.165, 1.54) is 25.3 Å². The Balaban J connectivity index is 1.92. The van der Waals surface area contributed by atoms with Crippen molar-refractivity contribution in [3.05, 3.63) is 87.8 Å². The van der Waals surface area contributed by atoms with Gasteiger partial charge in [0.05, 0.1) is 18.4 Å². The fourth-order valence-electron chi connectivity index (χ4n) is 2.47. The van der Waals surface area contributed by atoms with Gasteiger partial charge in [0.2, 0.25) is 0 Å². The van der Waals surface area contributed by atoms with Crippen LogP contribution in [0.2, 0.25) is 0 Å². The Kier molecular flexibility index (Phi) is 5.12. The minimum atomic E-state index is -0.499. The molecule has 0 aliphatic rings. The molecule has 2 aromatic carbocycles. The van der Waals surface area contributed by atoms with E-state index in [0.717, 1.165) is 10.2 Å². The predicted octanol–water partition coefficient (Wildman–Crippen LogP) is 2.58. The largest absolute Gasteiger partial charge is 0.465 e. The first-order chi connectivity index (χ1) is 13.0. The minimum absolute atomic E-state index is 0.0707. The number of esters is 1. The van der Waals surface area contributed by atoms with Crippen LogP contribution in [0.15, 0.2) is 65.5 Å². The Labute approximate surface area is 155 Å². The van der Waals surface area contributed by atoms with Gasteiger partial charge in [-0.15, -0.1) is 0 Å². The second-order valence-corrected chi connectivity index (χ2v) is 5.78. The zero-order chi connectivity index (χ0) is 19.4. The van der Waals surface area contributed by atoms with E-state index in [9.17, 15) is 14.4 Å². The molecule has 1 aromatic heterocycles. The molecule has 7 heteroatoms. The summed E-state index contributed by atoms with van der Waals surface area (Å²) in [4.78, 5) is 36.4. The van der Waals surface area contributed by atoms with Crippen molar-refractivity contribution in [1.82, 2.24) is 9.78 Å². The number of aryl methyl sites for hydroxylation is 1. The maximum atomic E-state index is 12.6. The number of hydrogen-bond acceptors (Lipinski definition) is 5. The lowest BCUT2D eigenvalue weighted by Gasteiger charge is -2.11. The lowest BCUT2D eigenvalue weighted by atomic mass is 10.1. The number of methoxy groups -OCH3 is 1. The van der Waals surface area contributed by atoms with Crippen molar-refractivity contribution in [3.63, 3.8) is 0 Å².